The van der Waals surface area contributed by atoms with Gasteiger partial charge in [-0.05, 0) is 52.3 Å². The van der Waals surface area contributed by atoms with Gasteiger partial charge in [0.05, 0.1) is 16.1 Å². The Morgan fingerprint density at radius 2 is 1.94 bits per heavy atom. The lowest BCUT2D eigenvalue weighted by Gasteiger charge is -2.05. The Hall–Kier alpha value is -1.86. The highest BCUT2D eigenvalue weighted by Gasteiger charge is 2.02. The van der Waals surface area contributed by atoms with Gasteiger partial charge >= 0.3 is 0 Å². The van der Waals surface area contributed by atoms with Gasteiger partial charge in [0.1, 0.15) is 5.75 Å². The van der Waals surface area contributed by atoms with Crippen LogP contribution in [-0.4, -0.2) is 4.98 Å². The van der Waals surface area contributed by atoms with E-state index < -0.39 is 0 Å². The van der Waals surface area contributed by atoms with Crippen LogP contribution in [-0.2, 0) is 0 Å². The fraction of sp³-hybridized carbons (Fsp3) is 0. The van der Waals surface area contributed by atoms with E-state index >= 15 is 0 Å². The predicted octanol–water partition coefficient (Wildman–Crippen LogP) is 3.51. The normalized spacial score (nSPS) is 9.50. The van der Waals surface area contributed by atoms with Gasteiger partial charge in [0.2, 0.25) is 5.88 Å². The van der Waals surface area contributed by atoms with Gasteiger partial charge < -0.3 is 4.74 Å². The number of nitrogens with zero attached hydrogens (tertiary/aromatic N) is 2. The number of benzene rings is 1. The van der Waals surface area contributed by atoms with Crippen LogP contribution < -0.4 is 4.74 Å². The summed E-state index contributed by atoms with van der Waals surface area (Å²) in [5.74, 6) is 1.16. The van der Waals surface area contributed by atoms with E-state index in [1.54, 1.807) is 30.5 Å². The molecular weight excluding hydrogens is 268 g/mol. The van der Waals surface area contributed by atoms with Gasteiger partial charge in [-0.2, -0.15) is 5.26 Å². The zero-order chi connectivity index (χ0) is 11.4. The second-order valence-electron chi connectivity index (χ2n) is 3.03. The zero-order valence-corrected chi connectivity index (χ0v) is 9.81. The molecule has 0 N–H and O–H groups in total. The molecule has 16 heavy (non-hydrogen) atoms. The second kappa shape index (κ2) is 4.77. The van der Waals surface area contributed by atoms with Crippen LogP contribution in [0.1, 0.15) is 5.56 Å². The molecule has 1 aromatic carbocycles. The molecule has 0 unspecified atom stereocenters. The van der Waals surface area contributed by atoms with Crippen molar-refractivity contribution in [2.24, 2.45) is 0 Å². The van der Waals surface area contributed by atoms with Crippen molar-refractivity contribution >= 4 is 15.9 Å². The maximum absolute atomic E-state index is 8.65. The van der Waals surface area contributed by atoms with Gasteiger partial charge in [-0.1, -0.05) is 0 Å². The Labute approximate surface area is 101 Å². The maximum Gasteiger partial charge on any atom is 0.233 e. The number of halogens is 1. The summed E-state index contributed by atoms with van der Waals surface area (Å²) in [6.45, 7) is 0. The molecule has 1 heterocycles. The van der Waals surface area contributed by atoms with Crippen LogP contribution in [0.3, 0.4) is 0 Å². The summed E-state index contributed by atoms with van der Waals surface area (Å²) >= 11 is 3.34. The number of rotatable bonds is 2. The van der Waals surface area contributed by atoms with Crippen molar-refractivity contribution < 1.29 is 4.74 Å². The number of nitriles is 1. The number of ether oxygens (including phenoxy) is 1. The minimum atomic E-state index is 0.507. The monoisotopic (exact) mass is 274 g/mol. The van der Waals surface area contributed by atoms with Crippen LogP contribution >= 0.6 is 15.9 Å². The van der Waals surface area contributed by atoms with Gasteiger partial charge in [0.15, 0.2) is 0 Å². The molecule has 0 aliphatic rings. The molecule has 0 aliphatic heterocycles. The van der Waals surface area contributed by atoms with Gasteiger partial charge in [-0.25, -0.2) is 4.98 Å². The van der Waals surface area contributed by atoms with Crippen molar-refractivity contribution in [1.29, 1.82) is 5.26 Å². The van der Waals surface area contributed by atoms with Crippen molar-refractivity contribution in [2.75, 3.05) is 0 Å². The Bertz CT molecular complexity index is 531. The van der Waals surface area contributed by atoms with Gasteiger partial charge in [-0.15, -0.1) is 0 Å². The molecule has 0 radical (unpaired) electrons. The first kappa shape index (κ1) is 10.7. The van der Waals surface area contributed by atoms with Crippen molar-refractivity contribution in [2.45, 2.75) is 0 Å². The van der Waals surface area contributed by atoms with Crippen LogP contribution in [0.25, 0.3) is 0 Å². The number of hydrogen-bond acceptors (Lipinski definition) is 3. The molecule has 0 spiro atoms. The maximum atomic E-state index is 8.65. The average molecular weight is 275 g/mol. The fourth-order valence-corrected chi connectivity index (χ4v) is 1.49. The summed E-state index contributed by atoms with van der Waals surface area (Å²) in [6, 6.07) is 12.6. The lowest BCUT2D eigenvalue weighted by atomic mass is 10.2. The average Bonchev–Trinajstić information content (AvgIpc) is 2.33. The fourth-order valence-electron chi connectivity index (χ4n) is 1.16. The van der Waals surface area contributed by atoms with Crippen molar-refractivity contribution in [3.05, 3.63) is 52.6 Å². The molecule has 2 rings (SSSR count). The molecule has 1 aromatic heterocycles. The van der Waals surface area contributed by atoms with Crippen LogP contribution in [0.5, 0.6) is 11.6 Å². The molecule has 0 bridgehead atoms. The molecule has 3 nitrogen and oxygen atoms in total. The van der Waals surface area contributed by atoms with E-state index in [4.69, 9.17) is 10.00 Å². The lowest BCUT2D eigenvalue weighted by Crippen LogP contribution is -1.88. The molecule has 4 heteroatoms. The highest BCUT2D eigenvalue weighted by molar-refractivity contribution is 9.10. The molecule has 2 aromatic rings. The van der Waals surface area contributed by atoms with E-state index in [0.717, 1.165) is 4.47 Å². The van der Waals surface area contributed by atoms with Crippen LogP contribution in [0, 0.1) is 11.3 Å². The summed E-state index contributed by atoms with van der Waals surface area (Å²) in [4.78, 5) is 4.08. The second-order valence-corrected chi connectivity index (χ2v) is 3.88. The molecule has 0 aliphatic carbocycles. The highest BCUT2D eigenvalue weighted by atomic mass is 79.9. The standard InChI is InChI=1S/C12H7BrN2O/c13-11-2-1-7-15-12(11)16-10-5-3-9(8-14)4-6-10/h1-7H. The Balaban J connectivity index is 2.22. The number of aromatic nitrogens is 1. The first-order valence-corrected chi connectivity index (χ1v) is 5.37. The SMILES string of the molecule is N#Cc1ccc(Oc2ncccc2Br)cc1. The summed E-state index contributed by atoms with van der Waals surface area (Å²) in [5.41, 5.74) is 0.604. The Morgan fingerprint density at radius 1 is 1.19 bits per heavy atom. The van der Waals surface area contributed by atoms with Crippen molar-refractivity contribution in [3.63, 3.8) is 0 Å². The van der Waals surface area contributed by atoms with Gasteiger partial charge in [0, 0.05) is 6.20 Å². The topological polar surface area (TPSA) is 45.9 Å². The van der Waals surface area contributed by atoms with Crippen LogP contribution in [0.15, 0.2) is 47.1 Å². The molecule has 0 fully saturated rings. The Kier molecular flexibility index (Phi) is 3.18. The molecule has 78 valence electrons. The quantitative estimate of drug-likeness (QED) is 0.842. The van der Waals surface area contributed by atoms with Crippen molar-refractivity contribution in [1.82, 2.24) is 4.98 Å². The largest absolute Gasteiger partial charge is 0.438 e. The van der Waals surface area contributed by atoms with E-state index in [2.05, 4.69) is 20.9 Å². The molecular formula is C12H7BrN2O. The third-order valence-electron chi connectivity index (χ3n) is 1.92. The minimum Gasteiger partial charge on any atom is -0.438 e. The summed E-state index contributed by atoms with van der Waals surface area (Å²) in [7, 11) is 0. The summed E-state index contributed by atoms with van der Waals surface area (Å²) in [5, 5.41) is 8.65. The molecule has 0 saturated heterocycles. The van der Waals surface area contributed by atoms with E-state index in [0.29, 0.717) is 17.2 Å². The minimum absolute atomic E-state index is 0.507. The first-order valence-electron chi connectivity index (χ1n) is 4.58. The molecule has 0 atom stereocenters. The van der Waals surface area contributed by atoms with Gasteiger partial charge in [0.25, 0.3) is 0 Å². The molecule has 0 saturated carbocycles. The van der Waals surface area contributed by atoms with Crippen LogP contribution in [0.2, 0.25) is 0 Å². The van der Waals surface area contributed by atoms with Crippen LogP contribution in [0.4, 0.5) is 0 Å². The van der Waals surface area contributed by atoms with E-state index in [1.165, 1.54) is 0 Å². The van der Waals surface area contributed by atoms with Gasteiger partial charge in [-0.3, -0.25) is 0 Å². The third-order valence-corrected chi connectivity index (χ3v) is 2.53. The van der Waals surface area contributed by atoms with E-state index in [1.807, 2.05) is 18.2 Å². The van der Waals surface area contributed by atoms with Crippen molar-refractivity contribution in [3.8, 4) is 17.7 Å². The van der Waals surface area contributed by atoms with E-state index in [9.17, 15) is 0 Å². The summed E-state index contributed by atoms with van der Waals surface area (Å²) < 4.78 is 6.33. The predicted molar refractivity (Wildman–Crippen MR) is 63.2 cm³/mol. The number of pyridine rings is 1. The number of hydrogen-bond donors (Lipinski definition) is 0. The third kappa shape index (κ3) is 2.38. The lowest BCUT2D eigenvalue weighted by molar-refractivity contribution is 0.459. The molecule has 0 amide bonds. The smallest absolute Gasteiger partial charge is 0.233 e. The summed E-state index contributed by atoms with van der Waals surface area (Å²) in [6.07, 6.45) is 1.66. The van der Waals surface area contributed by atoms with E-state index in [-0.39, 0.29) is 0 Å². The highest BCUT2D eigenvalue weighted by Crippen LogP contribution is 2.26. The first-order chi connectivity index (χ1) is 7.79. The zero-order valence-electron chi connectivity index (χ0n) is 8.22. The Morgan fingerprint density at radius 3 is 2.56 bits per heavy atom.